The fourth-order valence-electron chi connectivity index (χ4n) is 3.42. The molecule has 2 unspecified atom stereocenters. The summed E-state index contributed by atoms with van der Waals surface area (Å²) in [4.78, 5) is 9.72. The number of anilines is 1. The summed E-state index contributed by atoms with van der Waals surface area (Å²) in [6.07, 6.45) is 9.23. The monoisotopic (exact) mass is 273 g/mol. The summed E-state index contributed by atoms with van der Waals surface area (Å²) in [5, 5.41) is 3.38. The maximum absolute atomic E-state index is 4.92. The van der Waals surface area contributed by atoms with Crippen molar-refractivity contribution < 1.29 is 0 Å². The second-order valence-electron chi connectivity index (χ2n) is 6.48. The van der Waals surface area contributed by atoms with Crippen LogP contribution in [-0.2, 0) is 0 Å². The van der Waals surface area contributed by atoms with E-state index in [1.165, 1.54) is 50.6 Å². The maximum atomic E-state index is 4.92. The Morgan fingerprint density at radius 2 is 1.95 bits per heavy atom. The average Bonchev–Trinajstić information content (AvgIpc) is 3.32. The summed E-state index contributed by atoms with van der Waals surface area (Å²) in [7, 11) is 0. The summed E-state index contributed by atoms with van der Waals surface area (Å²) in [6, 6.07) is 2.17. The summed E-state index contributed by atoms with van der Waals surface area (Å²) < 4.78 is 0. The van der Waals surface area contributed by atoms with Gasteiger partial charge in [0.25, 0.3) is 0 Å². The zero-order valence-corrected chi connectivity index (χ0v) is 12.9. The highest BCUT2D eigenvalue weighted by Crippen LogP contribution is 2.41. The lowest BCUT2D eigenvalue weighted by Gasteiger charge is -2.27. The van der Waals surface area contributed by atoms with Crippen molar-refractivity contribution in [3.8, 4) is 0 Å². The first-order chi connectivity index (χ1) is 9.80. The van der Waals surface area contributed by atoms with Crippen molar-refractivity contribution in [3.05, 3.63) is 17.6 Å². The largest absolute Gasteiger partial charge is 0.370 e. The molecular formula is C17H27N3. The van der Waals surface area contributed by atoms with Crippen LogP contribution in [0.3, 0.4) is 0 Å². The van der Waals surface area contributed by atoms with E-state index in [4.69, 9.17) is 9.97 Å². The molecule has 3 rings (SSSR count). The van der Waals surface area contributed by atoms with Crippen molar-refractivity contribution in [2.45, 2.75) is 70.6 Å². The lowest BCUT2D eigenvalue weighted by atomic mass is 9.80. The van der Waals surface area contributed by atoms with Gasteiger partial charge in [-0.25, -0.2) is 9.97 Å². The Balaban J connectivity index is 1.83. The van der Waals surface area contributed by atoms with E-state index in [1.54, 1.807) is 0 Å². The van der Waals surface area contributed by atoms with Gasteiger partial charge in [-0.3, -0.25) is 0 Å². The molecule has 2 fully saturated rings. The molecule has 1 heterocycles. The van der Waals surface area contributed by atoms with E-state index in [1.807, 2.05) is 0 Å². The molecule has 1 N–H and O–H groups in total. The predicted molar refractivity (Wildman–Crippen MR) is 83.2 cm³/mol. The normalized spacial score (nSPS) is 26.5. The lowest BCUT2D eigenvalue weighted by Crippen LogP contribution is -2.17. The summed E-state index contributed by atoms with van der Waals surface area (Å²) >= 11 is 0. The van der Waals surface area contributed by atoms with Crippen LogP contribution in [0, 0.1) is 5.92 Å². The Kier molecular flexibility index (Phi) is 4.23. The van der Waals surface area contributed by atoms with Crippen LogP contribution in [0.4, 0.5) is 5.82 Å². The van der Waals surface area contributed by atoms with Gasteiger partial charge in [0.2, 0.25) is 0 Å². The third-order valence-electron chi connectivity index (χ3n) is 4.84. The van der Waals surface area contributed by atoms with E-state index in [0.29, 0.717) is 11.8 Å². The number of hydrogen-bond acceptors (Lipinski definition) is 3. The zero-order valence-electron chi connectivity index (χ0n) is 12.9. The molecule has 2 saturated carbocycles. The molecule has 0 amide bonds. The van der Waals surface area contributed by atoms with Gasteiger partial charge < -0.3 is 5.32 Å². The van der Waals surface area contributed by atoms with Crippen LogP contribution in [0.1, 0.15) is 82.1 Å². The minimum atomic E-state index is 0.588. The van der Waals surface area contributed by atoms with Crippen molar-refractivity contribution in [1.29, 1.82) is 0 Å². The SMILES string of the molecule is CCNc1cc(C2CC2)nc(C2CCCC(CC)C2)n1. The standard InChI is InChI=1S/C17H27N3/c1-3-12-6-5-7-14(10-12)17-19-15(13-8-9-13)11-16(20-17)18-4-2/h11-14H,3-10H2,1-2H3,(H,18,19,20). The molecule has 0 saturated heterocycles. The summed E-state index contributed by atoms with van der Waals surface area (Å²) in [5.41, 5.74) is 1.28. The minimum Gasteiger partial charge on any atom is -0.370 e. The minimum absolute atomic E-state index is 0.588. The molecule has 2 atom stereocenters. The molecule has 1 aromatic heterocycles. The van der Waals surface area contributed by atoms with Gasteiger partial charge in [0.15, 0.2) is 0 Å². The van der Waals surface area contributed by atoms with E-state index in [-0.39, 0.29) is 0 Å². The number of nitrogens with zero attached hydrogens (tertiary/aromatic N) is 2. The molecule has 0 radical (unpaired) electrons. The summed E-state index contributed by atoms with van der Waals surface area (Å²) in [5.74, 6) is 4.33. The Bertz CT molecular complexity index is 454. The van der Waals surface area contributed by atoms with E-state index in [2.05, 4.69) is 25.2 Å². The second-order valence-corrected chi connectivity index (χ2v) is 6.48. The molecule has 0 spiro atoms. The van der Waals surface area contributed by atoms with Crippen molar-refractivity contribution in [1.82, 2.24) is 9.97 Å². The second kappa shape index (κ2) is 6.11. The smallest absolute Gasteiger partial charge is 0.134 e. The van der Waals surface area contributed by atoms with Gasteiger partial charge in [0.1, 0.15) is 11.6 Å². The Morgan fingerprint density at radius 3 is 2.65 bits per heavy atom. The third-order valence-corrected chi connectivity index (χ3v) is 4.84. The van der Waals surface area contributed by atoms with Gasteiger partial charge in [-0.15, -0.1) is 0 Å². The highest BCUT2D eigenvalue weighted by Gasteiger charge is 2.29. The molecular weight excluding hydrogens is 246 g/mol. The number of nitrogens with one attached hydrogen (secondary N) is 1. The van der Waals surface area contributed by atoms with Crippen molar-refractivity contribution in [3.63, 3.8) is 0 Å². The van der Waals surface area contributed by atoms with Crippen molar-refractivity contribution in [2.75, 3.05) is 11.9 Å². The maximum Gasteiger partial charge on any atom is 0.134 e. The number of hydrogen-bond donors (Lipinski definition) is 1. The third kappa shape index (κ3) is 3.13. The molecule has 0 bridgehead atoms. The molecule has 0 aromatic carbocycles. The summed E-state index contributed by atoms with van der Waals surface area (Å²) in [6.45, 7) is 5.38. The van der Waals surface area contributed by atoms with Crippen LogP contribution in [-0.4, -0.2) is 16.5 Å². The Labute approximate surface area is 122 Å². The molecule has 2 aliphatic rings. The molecule has 1 aromatic rings. The van der Waals surface area contributed by atoms with Gasteiger partial charge in [-0.05, 0) is 38.5 Å². The predicted octanol–water partition coefficient (Wildman–Crippen LogP) is 4.47. The first kappa shape index (κ1) is 13.8. The molecule has 3 nitrogen and oxygen atoms in total. The number of aromatic nitrogens is 2. The average molecular weight is 273 g/mol. The van der Waals surface area contributed by atoms with Crippen LogP contribution in [0.2, 0.25) is 0 Å². The lowest BCUT2D eigenvalue weighted by molar-refractivity contribution is 0.307. The highest BCUT2D eigenvalue weighted by molar-refractivity contribution is 5.38. The van der Waals surface area contributed by atoms with Gasteiger partial charge in [0.05, 0.1) is 0 Å². The van der Waals surface area contributed by atoms with Crippen LogP contribution in [0.15, 0.2) is 6.07 Å². The van der Waals surface area contributed by atoms with Crippen LogP contribution in [0.25, 0.3) is 0 Å². The van der Waals surface area contributed by atoms with Crippen LogP contribution in [0.5, 0.6) is 0 Å². The quantitative estimate of drug-likeness (QED) is 0.860. The highest BCUT2D eigenvalue weighted by atomic mass is 15.0. The molecule has 0 aliphatic heterocycles. The van der Waals surface area contributed by atoms with Crippen LogP contribution >= 0.6 is 0 Å². The number of rotatable bonds is 5. The molecule has 3 heteroatoms. The van der Waals surface area contributed by atoms with Crippen molar-refractivity contribution >= 4 is 5.82 Å². The fourth-order valence-corrected chi connectivity index (χ4v) is 3.42. The first-order valence-electron chi connectivity index (χ1n) is 8.42. The first-order valence-corrected chi connectivity index (χ1v) is 8.42. The molecule has 110 valence electrons. The van der Waals surface area contributed by atoms with E-state index < -0.39 is 0 Å². The molecule has 20 heavy (non-hydrogen) atoms. The van der Waals surface area contributed by atoms with Crippen LogP contribution < -0.4 is 5.32 Å². The molecule has 2 aliphatic carbocycles. The topological polar surface area (TPSA) is 37.8 Å². The van der Waals surface area contributed by atoms with Gasteiger partial charge in [-0.2, -0.15) is 0 Å². The Hall–Kier alpha value is -1.12. The fraction of sp³-hybridized carbons (Fsp3) is 0.765. The van der Waals surface area contributed by atoms with Crippen molar-refractivity contribution in [2.24, 2.45) is 5.92 Å². The van der Waals surface area contributed by atoms with Gasteiger partial charge in [-0.1, -0.05) is 26.2 Å². The van der Waals surface area contributed by atoms with E-state index >= 15 is 0 Å². The zero-order chi connectivity index (χ0) is 13.9. The van der Waals surface area contributed by atoms with E-state index in [0.717, 1.165) is 24.1 Å². The Morgan fingerprint density at radius 1 is 1.10 bits per heavy atom. The van der Waals surface area contributed by atoms with E-state index in [9.17, 15) is 0 Å². The van der Waals surface area contributed by atoms with Gasteiger partial charge >= 0.3 is 0 Å². The van der Waals surface area contributed by atoms with Gasteiger partial charge in [0, 0.05) is 30.1 Å².